The molecule has 3 N–H and O–H groups in total. The largest absolute Gasteiger partial charge is 0.489 e. The van der Waals surface area contributed by atoms with E-state index in [1.54, 1.807) is 24.3 Å². The Balaban J connectivity index is 1.28. The molecule has 12 heteroatoms. The highest BCUT2D eigenvalue weighted by Crippen LogP contribution is 2.28. The minimum atomic E-state index is -3.41. The van der Waals surface area contributed by atoms with Gasteiger partial charge in [0.15, 0.2) is 0 Å². The number of amides is 1. The molecule has 2 aromatic carbocycles. The molecule has 0 radical (unpaired) electrons. The molecule has 1 saturated heterocycles. The van der Waals surface area contributed by atoms with Gasteiger partial charge in [-0.3, -0.25) is 20.0 Å². The molecule has 0 saturated carbocycles. The topological polar surface area (TPSA) is 133 Å². The molecule has 0 spiro atoms. The number of hydrogen-bond donors (Lipinski definition) is 3. The lowest BCUT2D eigenvalue weighted by atomic mass is 9.91. The van der Waals surface area contributed by atoms with Gasteiger partial charge < -0.3 is 10.1 Å². The number of rotatable bonds is 7. The van der Waals surface area contributed by atoms with E-state index in [-0.39, 0.29) is 18.4 Å². The third-order valence-corrected chi connectivity index (χ3v) is 8.14. The number of carbonyl (C=O) groups is 1. The molecule has 1 amide bonds. The zero-order chi connectivity index (χ0) is 26.9. The Hall–Kier alpha value is -3.61. The zero-order valence-corrected chi connectivity index (χ0v) is 22.6. The van der Waals surface area contributed by atoms with Gasteiger partial charge in [0.1, 0.15) is 18.2 Å². The second kappa shape index (κ2) is 10.6. The first-order valence-corrected chi connectivity index (χ1v) is 14.4. The number of aromatic nitrogens is 4. The summed E-state index contributed by atoms with van der Waals surface area (Å²) in [5.74, 6) is 0.692. The first-order chi connectivity index (χ1) is 18.2. The first-order valence-electron chi connectivity index (χ1n) is 12.2. The zero-order valence-electron chi connectivity index (χ0n) is 21.0. The number of pyridine rings is 1. The number of fused-ring (bicyclic) bond motifs is 1. The number of aromatic amines is 2. The van der Waals surface area contributed by atoms with Gasteiger partial charge in [0.05, 0.1) is 17.8 Å². The number of hydrogen-bond acceptors (Lipinski definition) is 7. The van der Waals surface area contributed by atoms with Crippen LogP contribution in [0.5, 0.6) is 5.75 Å². The van der Waals surface area contributed by atoms with E-state index >= 15 is 0 Å². The predicted octanol–water partition coefficient (Wildman–Crippen LogP) is 3.45. The molecule has 4 aromatic rings. The van der Waals surface area contributed by atoms with Crippen molar-refractivity contribution >= 4 is 39.1 Å². The Kier molecular flexibility index (Phi) is 7.28. The number of carbonyl (C=O) groups excluding carboxylic acids is 1. The van der Waals surface area contributed by atoms with E-state index in [2.05, 4.69) is 25.5 Å². The van der Waals surface area contributed by atoms with Gasteiger partial charge in [-0.1, -0.05) is 18.2 Å². The normalized spacial score (nSPS) is 18.4. The van der Waals surface area contributed by atoms with E-state index < -0.39 is 16.1 Å². The minimum Gasteiger partial charge on any atom is -0.489 e. The molecular formula is C26H28N6O4S2. The quantitative estimate of drug-likeness (QED) is 0.299. The van der Waals surface area contributed by atoms with Crippen LogP contribution in [-0.2, 0) is 16.6 Å². The van der Waals surface area contributed by atoms with Gasteiger partial charge in [0, 0.05) is 41.2 Å². The molecular weight excluding hydrogens is 524 g/mol. The summed E-state index contributed by atoms with van der Waals surface area (Å²) in [5.41, 5.74) is 3.31. The van der Waals surface area contributed by atoms with Gasteiger partial charge in [-0.25, -0.2) is 17.7 Å². The lowest BCUT2D eigenvalue weighted by molar-refractivity contribution is 0.0911. The van der Waals surface area contributed by atoms with Crippen molar-refractivity contribution in [3.63, 3.8) is 0 Å². The highest BCUT2D eigenvalue weighted by atomic mass is 32.2. The predicted molar refractivity (Wildman–Crippen MR) is 146 cm³/mol. The summed E-state index contributed by atoms with van der Waals surface area (Å²) in [6.07, 6.45) is 1.66. The molecule has 1 fully saturated rings. The van der Waals surface area contributed by atoms with E-state index in [4.69, 9.17) is 17.0 Å². The number of ether oxygens (including phenoxy) is 1. The first kappa shape index (κ1) is 26.0. The third kappa shape index (κ3) is 5.77. The summed E-state index contributed by atoms with van der Waals surface area (Å²) in [5, 5.41) is 9.75. The van der Waals surface area contributed by atoms with Crippen molar-refractivity contribution in [3.05, 3.63) is 82.0 Å². The molecule has 198 valence electrons. The van der Waals surface area contributed by atoms with Gasteiger partial charge in [0.25, 0.3) is 5.91 Å². The highest BCUT2D eigenvalue weighted by molar-refractivity contribution is 7.88. The fraction of sp³-hybridized carbons (Fsp3) is 0.308. The number of nitrogens with one attached hydrogen (secondary N) is 3. The molecule has 1 aliphatic rings. The van der Waals surface area contributed by atoms with Crippen molar-refractivity contribution < 1.29 is 17.9 Å². The van der Waals surface area contributed by atoms with Gasteiger partial charge in [-0.15, -0.1) is 0 Å². The van der Waals surface area contributed by atoms with Crippen LogP contribution in [0.3, 0.4) is 0 Å². The van der Waals surface area contributed by atoms with Crippen LogP contribution in [0.1, 0.15) is 39.8 Å². The third-order valence-electron chi connectivity index (χ3n) is 6.67. The molecule has 2 aromatic heterocycles. The number of nitrogens with zero attached hydrogens (tertiary/aromatic N) is 3. The molecule has 3 heterocycles. The second-order valence-electron chi connectivity index (χ2n) is 9.40. The van der Waals surface area contributed by atoms with Crippen molar-refractivity contribution in [2.75, 3.05) is 19.3 Å². The Morgan fingerprint density at radius 3 is 2.63 bits per heavy atom. The molecule has 2 unspecified atom stereocenters. The smallest absolute Gasteiger partial charge is 0.251 e. The average Bonchev–Trinajstić information content (AvgIpc) is 3.32. The number of sulfonamides is 1. The van der Waals surface area contributed by atoms with Gasteiger partial charge >= 0.3 is 0 Å². The monoisotopic (exact) mass is 552 g/mol. The standard InChI is InChI=1S/C26H28N6O4S2/c1-16-13-18(20-5-3-4-6-22(20)27-16)15-36-19-9-7-17(8-10-19)25(33)28-23-14-32(38(2,34)35)12-11-21(23)24-29-26(37)31-30-24/h3-10,13,21,23H,11-12,14-15H2,1-2H3,(H,28,33)(H2,29,30,31,37). The Bertz CT molecular complexity index is 1630. The van der Waals surface area contributed by atoms with Crippen LogP contribution in [0.15, 0.2) is 54.6 Å². The molecule has 38 heavy (non-hydrogen) atoms. The Morgan fingerprint density at radius 2 is 1.92 bits per heavy atom. The van der Waals surface area contributed by atoms with Crippen molar-refractivity contribution in [3.8, 4) is 5.75 Å². The van der Waals surface area contributed by atoms with Crippen molar-refractivity contribution in [1.29, 1.82) is 0 Å². The maximum absolute atomic E-state index is 13.1. The molecule has 0 aliphatic carbocycles. The second-order valence-corrected chi connectivity index (χ2v) is 11.8. The van der Waals surface area contributed by atoms with Gasteiger partial charge in [-0.2, -0.15) is 0 Å². The lowest BCUT2D eigenvalue weighted by Gasteiger charge is -2.36. The van der Waals surface area contributed by atoms with Crippen LogP contribution >= 0.6 is 12.2 Å². The lowest BCUT2D eigenvalue weighted by Crippen LogP contribution is -2.53. The molecule has 5 rings (SSSR count). The summed E-state index contributed by atoms with van der Waals surface area (Å²) in [4.78, 5) is 22.0. The molecule has 2 atom stereocenters. The van der Waals surface area contributed by atoms with Crippen molar-refractivity contribution in [1.82, 2.24) is 29.8 Å². The summed E-state index contributed by atoms with van der Waals surface area (Å²) in [6, 6.07) is 16.3. The number of H-pyrrole nitrogens is 2. The average molecular weight is 553 g/mol. The summed E-state index contributed by atoms with van der Waals surface area (Å²) < 4.78 is 32.0. The molecule has 0 bridgehead atoms. The number of piperidine rings is 1. The highest BCUT2D eigenvalue weighted by Gasteiger charge is 2.36. The summed E-state index contributed by atoms with van der Waals surface area (Å²) in [7, 11) is -3.41. The molecule has 1 aliphatic heterocycles. The number of aryl methyl sites for hydroxylation is 1. The SMILES string of the molecule is Cc1cc(COc2ccc(C(=O)NC3CN(S(C)(=O)=O)CCC3c3nc(=S)[nH][nH]3)cc2)c2ccccc2n1. The van der Waals surface area contributed by atoms with E-state index in [0.29, 0.717) is 41.5 Å². The van der Waals surface area contributed by atoms with Crippen LogP contribution in [0.4, 0.5) is 0 Å². The van der Waals surface area contributed by atoms with E-state index in [0.717, 1.165) is 22.2 Å². The van der Waals surface area contributed by atoms with Crippen molar-refractivity contribution in [2.45, 2.75) is 31.9 Å². The van der Waals surface area contributed by atoms with E-state index in [1.165, 1.54) is 10.6 Å². The maximum atomic E-state index is 13.1. The van der Waals surface area contributed by atoms with Gasteiger partial charge in [-0.05, 0) is 62.0 Å². The Labute approximate surface area is 225 Å². The van der Waals surface area contributed by atoms with Crippen LogP contribution < -0.4 is 10.1 Å². The van der Waals surface area contributed by atoms with E-state index in [1.807, 2.05) is 37.3 Å². The summed E-state index contributed by atoms with van der Waals surface area (Å²) >= 11 is 5.08. The number of para-hydroxylation sites is 1. The maximum Gasteiger partial charge on any atom is 0.251 e. The van der Waals surface area contributed by atoms with Crippen molar-refractivity contribution in [2.24, 2.45) is 0 Å². The Morgan fingerprint density at radius 1 is 1.16 bits per heavy atom. The van der Waals surface area contributed by atoms with Gasteiger partial charge in [0.2, 0.25) is 14.8 Å². The fourth-order valence-corrected chi connectivity index (χ4v) is 5.80. The van der Waals surface area contributed by atoms with Crippen LogP contribution in [0.2, 0.25) is 0 Å². The van der Waals surface area contributed by atoms with Crippen LogP contribution in [-0.4, -0.2) is 64.2 Å². The molecule has 10 nitrogen and oxygen atoms in total. The van der Waals surface area contributed by atoms with Crippen LogP contribution in [0.25, 0.3) is 10.9 Å². The van der Waals surface area contributed by atoms with Crippen LogP contribution in [0, 0.1) is 11.7 Å². The summed E-state index contributed by atoms with van der Waals surface area (Å²) in [6.45, 7) is 2.80. The fourth-order valence-electron chi connectivity index (χ4n) is 4.78. The van der Waals surface area contributed by atoms with E-state index in [9.17, 15) is 13.2 Å². The number of benzene rings is 2. The minimum absolute atomic E-state index is 0.142.